The molecule has 102 valence electrons. The summed E-state index contributed by atoms with van der Waals surface area (Å²) in [5.41, 5.74) is 0. The third-order valence-electron chi connectivity index (χ3n) is 1.11. The molecule has 2 nitrogen and oxygen atoms in total. The molecule has 0 amide bonds. The largest absolute Gasteiger partial charge is 0.311 e. The Hall–Kier alpha value is 1.36. The molecule has 0 rings (SSSR count). The molecule has 18 heavy (non-hydrogen) atoms. The molecule has 0 aliphatic heterocycles. The average Bonchev–Trinajstić information content (AvgIpc) is 2.29. The predicted molar refractivity (Wildman–Crippen MR) is 108 cm³/mol. The SMILES string of the molecule is CC(=S)SNC(=S)SCCSC(=S)NSC(C)=S. The van der Waals surface area contributed by atoms with Crippen LogP contribution in [-0.2, 0) is 0 Å². The molecule has 2 N–H and O–H groups in total. The van der Waals surface area contributed by atoms with Crippen molar-refractivity contribution >= 4 is 113 Å². The van der Waals surface area contributed by atoms with Crippen LogP contribution in [0.1, 0.15) is 13.8 Å². The molecule has 0 aromatic rings. The van der Waals surface area contributed by atoms with Gasteiger partial charge in [-0.25, -0.2) is 0 Å². The van der Waals surface area contributed by atoms with E-state index in [4.69, 9.17) is 48.9 Å². The maximum Gasteiger partial charge on any atom is 0.143 e. The molecule has 0 saturated carbocycles. The highest BCUT2D eigenvalue weighted by atomic mass is 32.2. The zero-order valence-corrected chi connectivity index (χ0v) is 16.2. The number of hydrogen-bond acceptors (Lipinski definition) is 8. The second-order valence-corrected chi connectivity index (χ2v) is 9.99. The van der Waals surface area contributed by atoms with Gasteiger partial charge in [-0.1, -0.05) is 72.4 Å². The molecule has 0 fully saturated rings. The van der Waals surface area contributed by atoms with Crippen LogP contribution in [0.15, 0.2) is 0 Å². The molecule has 0 atom stereocenters. The van der Waals surface area contributed by atoms with Gasteiger partial charge in [-0.2, -0.15) is 0 Å². The molecular formula is C8H12N2S8. The fourth-order valence-electron chi connectivity index (χ4n) is 0.555. The van der Waals surface area contributed by atoms with E-state index in [-0.39, 0.29) is 0 Å². The van der Waals surface area contributed by atoms with Crippen LogP contribution >= 0.6 is 96.3 Å². The summed E-state index contributed by atoms with van der Waals surface area (Å²) in [5.74, 6) is 1.80. The van der Waals surface area contributed by atoms with Crippen molar-refractivity contribution in [2.75, 3.05) is 11.5 Å². The number of thiocarbonyl (C=S) groups is 4. The van der Waals surface area contributed by atoms with Gasteiger partial charge in [0.05, 0.1) is 8.39 Å². The van der Waals surface area contributed by atoms with E-state index in [2.05, 4.69) is 9.44 Å². The van der Waals surface area contributed by atoms with Crippen molar-refractivity contribution in [2.45, 2.75) is 13.8 Å². The number of hydrogen-bond donors (Lipinski definition) is 2. The molecule has 0 bridgehead atoms. The fourth-order valence-corrected chi connectivity index (χ4v) is 3.77. The highest BCUT2D eigenvalue weighted by Gasteiger charge is 2.01. The zero-order valence-electron chi connectivity index (χ0n) is 9.68. The number of thioether (sulfide) groups is 2. The van der Waals surface area contributed by atoms with Crippen molar-refractivity contribution in [1.82, 2.24) is 9.44 Å². The van der Waals surface area contributed by atoms with E-state index < -0.39 is 0 Å². The highest BCUT2D eigenvalue weighted by Crippen LogP contribution is 2.12. The van der Waals surface area contributed by atoms with Crippen molar-refractivity contribution in [2.24, 2.45) is 0 Å². The van der Waals surface area contributed by atoms with Crippen molar-refractivity contribution in [1.29, 1.82) is 0 Å². The molecule has 0 spiro atoms. The number of nitrogens with one attached hydrogen (secondary N) is 2. The van der Waals surface area contributed by atoms with Gasteiger partial charge in [0.15, 0.2) is 0 Å². The van der Waals surface area contributed by atoms with Crippen LogP contribution in [0.25, 0.3) is 0 Å². The Balaban J connectivity index is 3.49. The zero-order chi connectivity index (χ0) is 14.0. The van der Waals surface area contributed by atoms with Crippen LogP contribution in [-0.4, -0.2) is 28.5 Å². The second-order valence-electron chi connectivity index (χ2n) is 2.66. The van der Waals surface area contributed by atoms with E-state index in [1.807, 2.05) is 13.8 Å². The Morgan fingerprint density at radius 2 is 1.11 bits per heavy atom. The van der Waals surface area contributed by atoms with Crippen molar-refractivity contribution < 1.29 is 0 Å². The van der Waals surface area contributed by atoms with Gasteiger partial charge < -0.3 is 9.44 Å². The molecule has 0 radical (unpaired) electrons. The standard InChI is InChI=1S/C8H12N2S8/c1-5(11)17-9-7(13)15-3-4-16-8(14)10-18-6(2)12/h3-4H2,1-2H3,(H,9,13)(H,10,14). The normalized spacial score (nSPS) is 9.67. The Labute approximate surface area is 147 Å². The van der Waals surface area contributed by atoms with Gasteiger partial charge in [0.25, 0.3) is 0 Å². The first-order valence-corrected chi connectivity index (χ1v) is 9.86. The third kappa shape index (κ3) is 13.8. The lowest BCUT2D eigenvalue weighted by molar-refractivity contribution is 1.56. The van der Waals surface area contributed by atoms with Gasteiger partial charge in [-0.05, 0) is 37.7 Å². The molecular weight excluding hydrogens is 381 g/mol. The minimum absolute atomic E-state index is 0.743. The van der Waals surface area contributed by atoms with Gasteiger partial charge >= 0.3 is 0 Å². The first-order chi connectivity index (χ1) is 8.41. The molecule has 10 heteroatoms. The van der Waals surface area contributed by atoms with Crippen LogP contribution in [0.5, 0.6) is 0 Å². The first kappa shape index (κ1) is 19.4. The molecule has 0 heterocycles. The van der Waals surface area contributed by atoms with E-state index in [0.717, 1.165) is 28.5 Å². The quantitative estimate of drug-likeness (QED) is 0.413. The molecule has 0 aliphatic carbocycles. The Kier molecular flexibility index (Phi) is 13.0. The van der Waals surface area contributed by atoms with E-state index in [0.29, 0.717) is 0 Å². The lowest BCUT2D eigenvalue weighted by Gasteiger charge is -2.06. The monoisotopic (exact) mass is 392 g/mol. The van der Waals surface area contributed by atoms with Gasteiger partial charge in [0.1, 0.15) is 8.64 Å². The van der Waals surface area contributed by atoms with Gasteiger partial charge in [0.2, 0.25) is 0 Å². The van der Waals surface area contributed by atoms with Crippen molar-refractivity contribution in [3.63, 3.8) is 0 Å². The molecule has 0 unspecified atom stereocenters. The predicted octanol–water partition coefficient (Wildman–Crippen LogP) is 4.19. The van der Waals surface area contributed by atoms with Gasteiger partial charge in [-0.15, -0.1) is 0 Å². The number of rotatable bonds is 3. The first-order valence-electron chi connectivity index (χ1n) is 4.62. The smallest absolute Gasteiger partial charge is 0.143 e. The molecule has 0 aromatic carbocycles. The second kappa shape index (κ2) is 12.1. The van der Waals surface area contributed by atoms with Crippen LogP contribution in [0.4, 0.5) is 0 Å². The van der Waals surface area contributed by atoms with Crippen LogP contribution < -0.4 is 9.44 Å². The topological polar surface area (TPSA) is 24.1 Å². The van der Waals surface area contributed by atoms with Crippen molar-refractivity contribution in [3.05, 3.63) is 0 Å². The summed E-state index contributed by atoms with van der Waals surface area (Å²) in [6.07, 6.45) is 0. The summed E-state index contributed by atoms with van der Waals surface area (Å²) in [5, 5.41) is 0. The van der Waals surface area contributed by atoms with Crippen molar-refractivity contribution in [3.8, 4) is 0 Å². The minimum atomic E-state index is 0.743. The summed E-state index contributed by atoms with van der Waals surface area (Å²) in [6, 6.07) is 0. The van der Waals surface area contributed by atoms with Gasteiger partial charge in [0, 0.05) is 11.5 Å². The summed E-state index contributed by atoms with van der Waals surface area (Å²) >= 11 is 26.0. The summed E-state index contributed by atoms with van der Waals surface area (Å²) in [7, 11) is 0. The molecule has 0 aliphatic rings. The van der Waals surface area contributed by atoms with E-state index >= 15 is 0 Å². The van der Waals surface area contributed by atoms with E-state index in [1.165, 1.54) is 23.9 Å². The Morgan fingerprint density at radius 1 is 0.778 bits per heavy atom. The maximum atomic E-state index is 5.13. The van der Waals surface area contributed by atoms with E-state index in [9.17, 15) is 0 Å². The fraction of sp³-hybridized carbons (Fsp3) is 0.500. The molecule has 0 aromatic heterocycles. The summed E-state index contributed by atoms with van der Waals surface area (Å²) in [6.45, 7) is 3.71. The van der Waals surface area contributed by atoms with E-state index in [1.54, 1.807) is 23.5 Å². The van der Waals surface area contributed by atoms with Crippen LogP contribution in [0.2, 0.25) is 0 Å². The Bertz CT molecular complexity index is 297. The summed E-state index contributed by atoms with van der Waals surface area (Å²) < 4.78 is 9.14. The highest BCUT2D eigenvalue weighted by molar-refractivity contribution is 8.29. The maximum absolute atomic E-state index is 5.13. The van der Waals surface area contributed by atoms with Crippen LogP contribution in [0.3, 0.4) is 0 Å². The Morgan fingerprint density at radius 3 is 1.39 bits per heavy atom. The summed E-state index contributed by atoms with van der Waals surface area (Å²) in [4.78, 5) is 0. The molecule has 0 saturated heterocycles. The third-order valence-corrected chi connectivity index (χ3v) is 6.02. The minimum Gasteiger partial charge on any atom is -0.311 e. The average molecular weight is 393 g/mol. The van der Waals surface area contributed by atoms with Crippen LogP contribution in [0, 0.1) is 0 Å². The lowest BCUT2D eigenvalue weighted by atomic mass is 11.0. The van der Waals surface area contributed by atoms with Gasteiger partial charge in [-0.3, -0.25) is 0 Å². The lowest BCUT2D eigenvalue weighted by Crippen LogP contribution is -2.13.